The number of carbonyl (C=O) groups excluding carboxylic acids is 2. The molecule has 0 spiro atoms. The van der Waals surface area contributed by atoms with Crippen molar-refractivity contribution in [3.8, 4) is 5.75 Å². The molecule has 1 heterocycles. The van der Waals surface area contributed by atoms with Gasteiger partial charge >= 0.3 is 0 Å². The van der Waals surface area contributed by atoms with Crippen molar-refractivity contribution >= 4 is 46.0 Å². The molecule has 0 saturated carbocycles. The summed E-state index contributed by atoms with van der Waals surface area (Å²) >= 11 is 11.7. The van der Waals surface area contributed by atoms with Crippen LogP contribution in [0.25, 0.3) is 11.0 Å². The second-order valence-electron chi connectivity index (χ2n) is 6.61. The maximum absolute atomic E-state index is 12.2. The van der Waals surface area contributed by atoms with E-state index in [-0.39, 0.29) is 37.7 Å². The van der Waals surface area contributed by atoms with Gasteiger partial charge < -0.3 is 20.5 Å². The van der Waals surface area contributed by atoms with Gasteiger partial charge in [-0.3, -0.25) is 14.6 Å². The Balaban J connectivity index is 1.35. The summed E-state index contributed by atoms with van der Waals surface area (Å²) in [6.45, 7) is 0.00141. The third-order valence-electron chi connectivity index (χ3n) is 4.24. The summed E-state index contributed by atoms with van der Waals surface area (Å²) in [7, 11) is 0. The molecule has 0 saturated heterocycles. The summed E-state index contributed by atoms with van der Waals surface area (Å²) in [4.78, 5) is 32.5. The van der Waals surface area contributed by atoms with Gasteiger partial charge in [-0.05, 0) is 30.7 Å². The number of aromatic nitrogens is 2. The van der Waals surface area contributed by atoms with E-state index in [2.05, 4.69) is 20.6 Å². The highest BCUT2D eigenvalue weighted by Crippen LogP contribution is 2.26. The third-order valence-corrected chi connectivity index (χ3v) is 4.98. The van der Waals surface area contributed by atoms with Gasteiger partial charge in [0.1, 0.15) is 11.4 Å². The quantitative estimate of drug-likeness (QED) is 0.450. The lowest BCUT2D eigenvalue weighted by molar-refractivity contribution is -0.123. The second-order valence-corrected chi connectivity index (χ2v) is 7.43. The highest BCUT2D eigenvalue weighted by molar-refractivity contribution is 6.42. The van der Waals surface area contributed by atoms with Crippen molar-refractivity contribution in [1.82, 2.24) is 20.6 Å². The average Bonchev–Trinajstić information content (AvgIpc) is 2.78. The zero-order valence-corrected chi connectivity index (χ0v) is 17.9. The minimum Gasteiger partial charge on any atom is -0.484 e. The Morgan fingerprint density at radius 1 is 1.06 bits per heavy atom. The Hall–Kier alpha value is -2.94. The number of hydrogen-bond acceptors (Lipinski definition) is 6. The topological polar surface area (TPSA) is 113 Å². The van der Waals surface area contributed by atoms with Gasteiger partial charge in [0.15, 0.2) is 6.61 Å². The first kappa shape index (κ1) is 22.7. The molecule has 162 valence electrons. The van der Waals surface area contributed by atoms with Crippen LogP contribution in [0.3, 0.4) is 0 Å². The summed E-state index contributed by atoms with van der Waals surface area (Å²) in [6, 6.07) is 11.9. The van der Waals surface area contributed by atoms with E-state index in [9.17, 15) is 14.7 Å². The molecule has 8 nitrogen and oxygen atoms in total. The molecule has 0 aliphatic heterocycles. The third kappa shape index (κ3) is 6.78. The number of aliphatic hydroxyl groups is 1. The zero-order chi connectivity index (χ0) is 22.2. The number of carbonyl (C=O) groups is 2. The fraction of sp³-hybridized carbons (Fsp3) is 0.238. The van der Waals surface area contributed by atoms with E-state index >= 15 is 0 Å². The first-order valence-corrected chi connectivity index (χ1v) is 10.2. The fourth-order valence-electron chi connectivity index (χ4n) is 2.61. The van der Waals surface area contributed by atoms with Crippen LogP contribution in [0.15, 0.2) is 48.7 Å². The normalized spacial score (nSPS) is 11.7. The summed E-state index contributed by atoms with van der Waals surface area (Å²) in [5.74, 6) is -0.380. The van der Waals surface area contributed by atoms with Crippen molar-refractivity contribution in [3.63, 3.8) is 0 Å². The van der Waals surface area contributed by atoms with E-state index in [1.54, 1.807) is 18.2 Å². The van der Waals surface area contributed by atoms with E-state index < -0.39 is 12.0 Å². The minimum atomic E-state index is -0.836. The van der Waals surface area contributed by atoms with Gasteiger partial charge in [0.05, 0.1) is 33.4 Å². The first-order chi connectivity index (χ1) is 14.9. The number of amides is 2. The van der Waals surface area contributed by atoms with Crippen molar-refractivity contribution in [2.75, 3.05) is 19.7 Å². The van der Waals surface area contributed by atoms with Gasteiger partial charge in [0.2, 0.25) is 0 Å². The molecule has 31 heavy (non-hydrogen) atoms. The molecule has 3 rings (SSSR count). The monoisotopic (exact) mass is 462 g/mol. The molecule has 0 fully saturated rings. The van der Waals surface area contributed by atoms with E-state index in [1.807, 2.05) is 18.2 Å². The van der Waals surface area contributed by atoms with E-state index in [1.165, 1.54) is 12.3 Å². The predicted molar refractivity (Wildman–Crippen MR) is 117 cm³/mol. The molecule has 1 aromatic heterocycles. The molecule has 1 atom stereocenters. The molecular weight excluding hydrogens is 443 g/mol. The van der Waals surface area contributed by atoms with E-state index in [0.717, 1.165) is 0 Å². The molecule has 0 unspecified atom stereocenters. The number of fused-ring (bicyclic) bond motifs is 1. The molecule has 10 heteroatoms. The van der Waals surface area contributed by atoms with E-state index in [4.69, 9.17) is 27.9 Å². The predicted octanol–water partition coefficient (Wildman–Crippen LogP) is 2.61. The lowest BCUT2D eigenvalue weighted by Crippen LogP contribution is -2.37. The lowest BCUT2D eigenvalue weighted by atomic mass is 10.2. The minimum absolute atomic E-state index is 0.0230. The molecule has 0 aliphatic rings. The van der Waals surface area contributed by atoms with Crippen LogP contribution in [-0.2, 0) is 4.79 Å². The van der Waals surface area contributed by atoms with Crippen LogP contribution < -0.4 is 15.4 Å². The summed E-state index contributed by atoms with van der Waals surface area (Å²) in [6.07, 6.45) is 0.819. The van der Waals surface area contributed by atoms with Crippen molar-refractivity contribution < 1.29 is 19.4 Å². The van der Waals surface area contributed by atoms with Crippen LogP contribution in [0.1, 0.15) is 16.9 Å². The first-order valence-electron chi connectivity index (χ1n) is 9.45. The lowest BCUT2D eigenvalue weighted by Gasteiger charge is -2.13. The number of rotatable bonds is 9. The van der Waals surface area contributed by atoms with Crippen LogP contribution in [0.4, 0.5) is 0 Å². The molecule has 3 aromatic rings. The van der Waals surface area contributed by atoms with Crippen LogP contribution in [0, 0.1) is 0 Å². The zero-order valence-electron chi connectivity index (χ0n) is 16.3. The Kier molecular flexibility index (Phi) is 8.00. The summed E-state index contributed by atoms with van der Waals surface area (Å²) < 4.78 is 5.32. The summed E-state index contributed by atoms with van der Waals surface area (Å²) in [5.41, 5.74) is 1.52. The van der Waals surface area contributed by atoms with Crippen molar-refractivity contribution in [2.24, 2.45) is 0 Å². The number of nitrogens with one attached hydrogen (secondary N) is 2. The van der Waals surface area contributed by atoms with Gasteiger partial charge in [-0.1, -0.05) is 35.3 Å². The van der Waals surface area contributed by atoms with Gasteiger partial charge in [-0.2, -0.15) is 0 Å². The van der Waals surface area contributed by atoms with Crippen molar-refractivity contribution in [1.29, 1.82) is 0 Å². The molecule has 2 aromatic carbocycles. The number of halogens is 2. The number of benzene rings is 2. The number of hydrogen-bond donors (Lipinski definition) is 3. The SMILES string of the molecule is O=C(COc1ccc(Cl)c(Cl)c1)NC[C@@H](O)CCNC(=O)c1cnc2ccccc2n1. The maximum Gasteiger partial charge on any atom is 0.271 e. The second kappa shape index (κ2) is 10.9. The van der Waals surface area contributed by atoms with Crippen LogP contribution in [0.5, 0.6) is 5.75 Å². The highest BCUT2D eigenvalue weighted by atomic mass is 35.5. The molecule has 2 amide bonds. The molecule has 0 aliphatic carbocycles. The van der Waals surface area contributed by atoms with E-state index in [0.29, 0.717) is 26.8 Å². The molecule has 0 radical (unpaired) electrons. The largest absolute Gasteiger partial charge is 0.484 e. The Morgan fingerprint density at radius 2 is 1.84 bits per heavy atom. The Bertz CT molecular complexity index is 1080. The Labute approximate surface area is 188 Å². The van der Waals surface area contributed by atoms with Gasteiger partial charge in [-0.25, -0.2) is 4.98 Å². The fourth-order valence-corrected chi connectivity index (χ4v) is 2.90. The maximum atomic E-state index is 12.2. The van der Waals surface area contributed by atoms with Crippen LogP contribution in [0.2, 0.25) is 10.0 Å². The molecule has 3 N–H and O–H groups in total. The number of para-hydroxylation sites is 2. The highest BCUT2D eigenvalue weighted by Gasteiger charge is 2.12. The molecule has 0 bridgehead atoms. The van der Waals surface area contributed by atoms with Gasteiger partial charge in [0, 0.05) is 19.2 Å². The smallest absolute Gasteiger partial charge is 0.271 e. The van der Waals surface area contributed by atoms with Gasteiger partial charge in [0.25, 0.3) is 11.8 Å². The van der Waals surface area contributed by atoms with Crippen molar-refractivity contribution in [3.05, 3.63) is 64.4 Å². The number of nitrogens with zero attached hydrogens (tertiary/aromatic N) is 2. The average molecular weight is 463 g/mol. The summed E-state index contributed by atoms with van der Waals surface area (Å²) in [5, 5.41) is 16.0. The molecular formula is C21H20Cl2N4O4. The number of aliphatic hydroxyl groups excluding tert-OH is 1. The van der Waals surface area contributed by atoms with Crippen molar-refractivity contribution in [2.45, 2.75) is 12.5 Å². The standard InChI is InChI=1S/C21H20Cl2N4O4/c22-15-6-5-14(9-16(15)23)31-12-20(29)26-10-13(28)7-8-24-21(30)19-11-25-17-3-1-2-4-18(17)27-19/h1-6,9,11,13,28H,7-8,10,12H2,(H,24,30)(H,26,29)/t13-/m0/s1. The van der Waals surface area contributed by atoms with Crippen LogP contribution >= 0.6 is 23.2 Å². The Morgan fingerprint density at radius 3 is 2.61 bits per heavy atom. The number of ether oxygens (including phenoxy) is 1. The van der Waals surface area contributed by atoms with Crippen LogP contribution in [-0.4, -0.2) is 52.7 Å². The van der Waals surface area contributed by atoms with Gasteiger partial charge in [-0.15, -0.1) is 0 Å².